The maximum Gasteiger partial charge on any atom is 0.232 e. The summed E-state index contributed by atoms with van der Waals surface area (Å²) >= 11 is 0. The van der Waals surface area contributed by atoms with Gasteiger partial charge in [0.25, 0.3) is 0 Å². The first kappa shape index (κ1) is 18.4. The van der Waals surface area contributed by atoms with Crippen LogP contribution < -0.4 is 9.62 Å². The summed E-state index contributed by atoms with van der Waals surface area (Å²) in [4.78, 5) is 11.8. The number of rotatable bonds is 9. The average molecular weight is 328 g/mol. The van der Waals surface area contributed by atoms with Crippen molar-refractivity contribution in [2.24, 2.45) is 0 Å². The molecule has 0 aromatic heterocycles. The van der Waals surface area contributed by atoms with E-state index in [2.05, 4.69) is 5.32 Å². The zero-order chi connectivity index (χ0) is 16.6. The first-order valence-electron chi connectivity index (χ1n) is 7.15. The number of nitrogens with zero attached hydrogens (tertiary/aromatic N) is 1. The smallest absolute Gasteiger partial charge is 0.232 e. The number of ether oxygens (including phenoxy) is 1. The van der Waals surface area contributed by atoms with Crippen LogP contribution >= 0.6 is 0 Å². The Morgan fingerprint density at radius 3 is 2.50 bits per heavy atom. The van der Waals surface area contributed by atoms with E-state index in [1.165, 1.54) is 10.6 Å². The van der Waals surface area contributed by atoms with Crippen molar-refractivity contribution in [2.45, 2.75) is 25.8 Å². The van der Waals surface area contributed by atoms with Crippen LogP contribution in [-0.4, -0.2) is 46.9 Å². The lowest BCUT2D eigenvalue weighted by atomic mass is 10.2. The number of nitrogens with one attached hydrogen (secondary N) is 1. The lowest BCUT2D eigenvalue weighted by Crippen LogP contribution is -2.36. The molecule has 0 heterocycles. The van der Waals surface area contributed by atoms with Crippen LogP contribution in [-0.2, 0) is 19.6 Å². The van der Waals surface area contributed by atoms with E-state index in [1.54, 1.807) is 31.4 Å². The fourth-order valence-corrected chi connectivity index (χ4v) is 3.07. The van der Waals surface area contributed by atoms with Gasteiger partial charge in [-0.15, -0.1) is 0 Å². The Bertz CT molecular complexity index is 560. The van der Waals surface area contributed by atoms with E-state index in [0.29, 0.717) is 18.7 Å². The van der Waals surface area contributed by atoms with E-state index >= 15 is 0 Å². The maximum atomic E-state index is 11.9. The molecule has 0 unspecified atom stereocenters. The summed E-state index contributed by atoms with van der Waals surface area (Å²) in [5.41, 5.74) is 0.609. The molecule has 1 aromatic carbocycles. The quantitative estimate of drug-likeness (QED) is 0.743. The molecule has 0 aliphatic carbocycles. The van der Waals surface area contributed by atoms with Crippen molar-refractivity contribution in [1.29, 1.82) is 0 Å². The number of hydrogen-bond donors (Lipinski definition) is 1. The van der Waals surface area contributed by atoms with Crippen LogP contribution in [0, 0.1) is 0 Å². The predicted octanol–water partition coefficient (Wildman–Crippen LogP) is 1.38. The molecule has 124 valence electrons. The van der Waals surface area contributed by atoms with E-state index < -0.39 is 10.0 Å². The molecule has 6 nitrogen and oxygen atoms in total. The highest BCUT2D eigenvalue weighted by Gasteiger charge is 2.17. The maximum absolute atomic E-state index is 11.9. The Kier molecular flexibility index (Phi) is 7.34. The van der Waals surface area contributed by atoms with Crippen LogP contribution in [0.2, 0.25) is 0 Å². The highest BCUT2D eigenvalue weighted by atomic mass is 32.2. The van der Waals surface area contributed by atoms with Gasteiger partial charge in [-0.05, 0) is 25.5 Å². The number of carbonyl (C=O) groups is 1. The molecule has 7 heteroatoms. The van der Waals surface area contributed by atoms with E-state index in [-0.39, 0.29) is 24.9 Å². The largest absolute Gasteiger partial charge is 0.383 e. The third-order valence-electron chi connectivity index (χ3n) is 3.03. The summed E-state index contributed by atoms with van der Waals surface area (Å²) in [6.45, 7) is 2.58. The molecule has 1 N–H and O–H groups in total. The van der Waals surface area contributed by atoms with Crippen molar-refractivity contribution in [3.8, 4) is 0 Å². The van der Waals surface area contributed by atoms with Gasteiger partial charge in [-0.1, -0.05) is 18.2 Å². The fraction of sp³-hybridized carbons (Fsp3) is 0.533. The monoisotopic (exact) mass is 328 g/mol. The van der Waals surface area contributed by atoms with Crippen molar-refractivity contribution in [2.75, 3.05) is 30.8 Å². The third kappa shape index (κ3) is 6.44. The molecule has 1 atom stereocenters. The standard InChI is InChI=1S/C15H24N2O4S/c1-13(12-21-2)16-15(18)10-7-11-17(22(3,19)20)14-8-5-4-6-9-14/h4-6,8-9,13H,7,10-12H2,1-3H3,(H,16,18)/t13-/m0/s1. The van der Waals surface area contributed by atoms with Crippen molar-refractivity contribution in [3.05, 3.63) is 30.3 Å². The highest BCUT2D eigenvalue weighted by molar-refractivity contribution is 7.92. The second-order valence-corrected chi connectivity index (χ2v) is 7.10. The van der Waals surface area contributed by atoms with Crippen molar-refractivity contribution < 1.29 is 17.9 Å². The summed E-state index contributed by atoms with van der Waals surface area (Å²) in [5.74, 6) is -0.105. The molecule has 22 heavy (non-hydrogen) atoms. The van der Waals surface area contributed by atoms with Crippen LogP contribution in [0.1, 0.15) is 19.8 Å². The summed E-state index contributed by atoms with van der Waals surface area (Å²) < 4.78 is 30.0. The first-order valence-corrected chi connectivity index (χ1v) is 9.00. The number of sulfonamides is 1. The second kappa shape index (κ2) is 8.75. The van der Waals surface area contributed by atoms with Gasteiger partial charge >= 0.3 is 0 Å². The van der Waals surface area contributed by atoms with E-state index in [4.69, 9.17) is 4.74 Å². The molecular formula is C15H24N2O4S. The average Bonchev–Trinajstić information content (AvgIpc) is 2.43. The zero-order valence-corrected chi connectivity index (χ0v) is 14.1. The topological polar surface area (TPSA) is 75.7 Å². The molecule has 0 radical (unpaired) electrons. The molecule has 1 aromatic rings. The van der Waals surface area contributed by atoms with E-state index in [0.717, 1.165) is 0 Å². The van der Waals surface area contributed by atoms with Gasteiger partial charge in [0.15, 0.2) is 0 Å². The van der Waals surface area contributed by atoms with Crippen LogP contribution in [0.4, 0.5) is 5.69 Å². The molecule has 0 aliphatic rings. The molecule has 0 spiro atoms. The molecule has 1 amide bonds. The fourth-order valence-electron chi connectivity index (χ4n) is 2.10. The number of amides is 1. The summed E-state index contributed by atoms with van der Waals surface area (Å²) in [5, 5.41) is 2.80. The molecule has 0 fully saturated rings. The van der Waals surface area contributed by atoms with Gasteiger partial charge < -0.3 is 10.1 Å². The van der Waals surface area contributed by atoms with Crippen molar-refractivity contribution in [1.82, 2.24) is 5.32 Å². The van der Waals surface area contributed by atoms with Gasteiger partial charge in [0.2, 0.25) is 15.9 Å². The lowest BCUT2D eigenvalue weighted by Gasteiger charge is -2.22. The highest BCUT2D eigenvalue weighted by Crippen LogP contribution is 2.17. The number of carbonyl (C=O) groups excluding carboxylic acids is 1. The molecule has 0 saturated carbocycles. The van der Waals surface area contributed by atoms with Crippen molar-refractivity contribution in [3.63, 3.8) is 0 Å². The minimum Gasteiger partial charge on any atom is -0.383 e. The minimum absolute atomic E-state index is 0.0577. The van der Waals surface area contributed by atoms with Gasteiger partial charge in [-0.3, -0.25) is 9.10 Å². The Hall–Kier alpha value is -1.60. The van der Waals surface area contributed by atoms with Crippen LogP contribution in [0.25, 0.3) is 0 Å². The Morgan fingerprint density at radius 2 is 1.95 bits per heavy atom. The number of para-hydroxylation sites is 1. The molecule has 0 aliphatic heterocycles. The number of hydrogen-bond acceptors (Lipinski definition) is 4. The Morgan fingerprint density at radius 1 is 1.32 bits per heavy atom. The molecule has 0 bridgehead atoms. The SMILES string of the molecule is COC[C@H](C)NC(=O)CCCN(c1ccccc1)S(C)(=O)=O. The van der Waals surface area contributed by atoms with Crippen LogP contribution in [0.15, 0.2) is 30.3 Å². The van der Waals surface area contributed by atoms with Gasteiger partial charge in [-0.2, -0.15) is 0 Å². The number of benzene rings is 1. The Balaban J connectivity index is 2.54. The Labute approximate surface area is 132 Å². The normalized spacial score (nSPS) is 12.7. The van der Waals surface area contributed by atoms with E-state index in [9.17, 15) is 13.2 Å². The summed E-state index contributed by atoms with van der Waals surface area (Å²) in [6.07, 6.45) is 1.89. The van der Waals surface area contributed by atoms with Gasteiger partial charge in [0.05, 0.1) is 18.6 Å². The van der Waals surface area contributed by atoms with Gasteiger partial charge in [-0.25, -0.2) is 8.42 Å². The predicted molar refractivity (Wildman–Crippen MR) is 87.3 cm³/mol. The number of anilines is 1. The first-order chi connectivity index (χ1) is 10.3. The second-order valence-electron chi connectivity index (χ2n) is 5.20. The van der Waals surface area contributed by atoms with E-state index in [1.807, 2.05) is 13.0 Å². The number of methoxy groups -OCH3 is 1. The van der Waals surface area contributed by atoms with Crippen LogP contribution in [0.5, 0.6) is 0 Å². The molecular weight excluding hydrogens is 304 g/mol. The summed E-state index contributed by atoms with van der Waals surface area (Å²) in [7, 11) is -1.79. The van der Waals surface area contributed by atoms with Crippen molar-refractivity contribution >= 4 is 21.6 Å². The van der Waals surface area contributed by atoms with Crippen LogP contribution in [0.3, 0.4) is 0 Å². The third-order valence-corrected chi connectivity index (χ3v) is 4.23. The minimum atomic E-state index is -3.37. The molecule has 1 rings (SSSR count). The summed E-state index contributed by atoms with van der Waals surface area (Å²) in [6, 6.07) is 8.81. The zero-order valence-electron chi connectivity index (χ0n) is 13.3. The lowest BCUT2D eigenvalue weighted by molar-refractivity contribution is -0.122. The van der Waals surface area contributed by atoms with Gasteiger partial charge in [0.1, 0.15) is 0 Å². The van der Waals surface area contributed by atoms with Gasteiger partial charge in [0, 0.05) is 26.1 Å². The molecule has 0 saturated heterocycles.